The van der Waals surface area contributed by atoms with Crippen LogP contribution < -0.4 is 5.32 Å². The first-order chi connectivity index (χ1) is 16.0. The predicted molar refractivity (Wildman–Crippen MR) is 125 cm³/mol. The number of carboxylic acids is 1. The topological polar surface area (TPSA) is 92.2 Å². The minimum absolute atomic E-state index is 0.0588. The molecule has 2 aromatic rings. The lowest BCUT2D eigenvalue weighted by Crippen LogP contribution is -2.43. The third kappa shape index (κ3) is 4.07. The minimum Gasteiger partial charge on any atom is -0.481 e. The number of nitrogens with one attached hydrogen (secondary N) is 1. The lowest BCUT2D eigenvalue weighted by molar-refractivity contribution is -0.137. The highest BCUT2D eigenvalue weighted by atomic mass is 16.4. The normalized spacial score (nSPS) is 29.6. The monoisotopic (exact) mass is 445 g/mol. The van der Waals surface area contributed by atoms with Crippen molar-refractivity contribution < 1.29 is 14.7 Å². The molecule has 5 rings (SSSR count). The lowest BCUT2D eigenvalue weighted by atomic mass is 9.52. The number of rotatable bonds is 6. The van der Waals surface area contributed by atoms with E-state index >= 15 is 0 Å². The third-order valence-electron chi connectivity index (χ3n) is 8.23. The van der Waals surface area contributed by atoms with Crippen LogP contribution in [0.15, 0.2) is 49.1 Å². The highest BCUT2D eigenvalue weighted by molar-refractivity contribution is 5.94. The molecule has 1 saturated carbocycles. The molecule has 0 saturated heterocycles. The molecule has 1 fully saturated rings. The molecule has 0 bridgehead atoms. The predicted octanol–water partition coefficient (Wildman–Crippen LogP) is 4.49. The molecule has 6 heteroatoms. The van der Waals surface area contributed by atoms with Gasteiger partial charge >= 0.3 is 5.97 Å². The van der Waals surface area contributed by atoms with E-state index in [1.165, 1.54) is 23.1 Å². The highest BCUT2D eigenvalue weighted by Gasteiger charge is 2.52. The van der Waals surface area contributed by atoms with Crippen LogP contribution in [0.4, 0.5) is 0 Å². The van der Waals surface area contributed by atoms with Gasteiger partial charge in [0, 0.05) is 30.9 Å². The van der Waals surface area contributed by atoms with Gasteiger partial charge in [0.05, 0.1) is 0 Å². The smallest absolute Gasteiger partial charge is 0.303 e. The maximum absolute atomic E-state index is 12.7. The molecule has 6 nitrogen and oxygen atoms in total. The van der Waals surface area contributed by atoms with Crippen LogP contribution in [-0.4, -0.2) is 33.5 Å². The van der Waals surface area contributed by atoms with Crippen LogP contribution in [0.25, 0.3) is 0 Å². The first-order valence-corrected chi connectivity index (χ1v) is 12.0. The Labute approximate surface area is 194 Å². The van der Waals surface area contributed by atoms with Gasteiger partial charge in [0.2, 0.25) is 0 Å². The highest BCUT2D eigenvalue weighted by Crippen LogP contribution is 2.61. The zero-order valence-corrected chi connectivity index (χ0v) is 19.0. The van der Waals surface area contributed by atoms with Crippen molar-refractivity contribution in [3.8, 4) is 0 Å². The largest absolute Gasteiger partial charge is 0.481 e. The van der Waals surface area contributed by atoms with Crippen molar-refractivity contribution in [2.45, 2.75) is 57.3 Å². The first-order valence-electron chi connectivity index (χ1n) is 12.0. The number of fused-ring (bicyclic) bond motifs is 5. The summed E-state index contributed by atoms with van der Waals surface area (Å²) in [4.78, 5) is 32.1. The Morgan fingerprint density at radius 1 is 1.21 bits per heavy atom. The molecule has 1 heterocycles. The van der Waals surface area contributed by atoms with E-state index in [-0.39, 0.29) is 17.7 Å². The molecule has 3 aliphatic carbocycles. The summed E-state index contributed by atoms with van der Waals surface area (Å²) in [5.74, 6) is 0.983. The molecule has 3 aliphatic rings. The van der Waals surface area contributed by atoms with E-state index in [4.69, 9.17) is 5.11 Å². The van der Waals surface area contributed by atoms with E-state index in [0.29, 0.717) is 42.2 Å². The van der Waals surface area contributed by atoms with Crippen molar-refractivity contribution in [3.05, 3.63) is 71.3 Å². The molecule has 0 radical (unpaired) electrons. The van der Waals surface area contributed by atoms with Gasteiger partial charge in [-0.15, -0.1) is 0 Å². The summed E-state index contributed by atoms with van der Waals surface area (Å²) >= 11 is 0. The molecule has 0 spiro atoms. The second-order valence-electron chi connectivity index (χ2n) is 10.1. The van der Waals surface area contributed by atoms with Gasteiger partial charge in [-0.2, -0.15) is 0 Å². The van der Waals surface area contributed by atoms with E-state index in [2.05, 4.69) is 46.5 Å². The number of carbonyl (C=O) groups excluding carboxylic acids is 1. The number of benzene rings is 1. The van der Waals surface area contributed by atoms with Gasteiger partial charge < -0.3 is 10.4 Å². The first kappa shape index (κ1) is 21.8. The Balaban J connectivity index is 1.44. The van der Waals surface area contributed by atoms with E-state index in [1.807, 2.05) is 18.5 Å². The maximum atomic E-state index is 12.7. The summed E-state index contributed by atoms with van der Waals surface area (Å²) in [6.45, 7) is 2.79. The standard InChI is InChI=1S/C27H31N3O3/c1-27-9-2-4-23(27)25-21(8-10-27)20-7-6-17(26(33)30-11-3-5-24(31)32)12-18(20)13-22(25)19-14-28-16-29-15-19/h2,6-7,9,12,14-16,21-23,25H,3-5,8,10-11,13H2,1H3,(H,30,33)(H,31,32)/t21-,22?,23+,25+,27+/m1/s1. The van der Waals surface area contributed by atoms with E-state index in [9.17, 15) is 9.59 Å². The molecule has 1 aromatic heterocycles. The minimum atomic E-state index is -0.843. The van der Waals surface area contributed by atoms with Gasteiger partial charge in [-0.05, 0) is 90.0 Å². The van der Waals surface area contributed by atoms with Gasteiger partial charge in [-0.1, -0.05) is 25.1 Å². The van der Waals surface area contributed by atoms with Crippen LogP contribution in [0.1, 0.15) is 77.9 Å². The fourth-order valence-corrected chi connectivity index (χ4v) is 6.65. The molecular weight excluding hydrogens is 414 g/mol. The molecule has 1 amide bonds. The Hall–Kier alpha value is -3.02. The van der Waals surface area contributed by atoms with Gasteiger partial charge in [0.15, 0.2) is 0 Å². The Bertz CT molecular complexity index is 1080. The zero-order valence-electron chi connectivity index (χ0n) is 19.0. The van der Waals surface area contributed by atoms with Crippen LogP contribution in [-0.2, 0) is 11.2 Å². The van der Waals surface area contributed by atoms with Crippen molar-refractivity contribution >= 4 is 11.9 Å². The molecule has 172 valence electrons. The van der Waals surface area contributed by atoms with E-state index in [0.717, 1.165) is 19.3 Å². The second-order valence-corrected chi connectivity index (χ2v) is 10.1. The number of allylic oxidation sites excluding steroid dienone is 2. The summed E-state index contributed by atoms with van der Waals surface area (Å²) in [5.41, 5.74) is 4.75. The fraction of sp³-hybridized carbons (Fsp3) is 0.481. The lowest BCUT2D eigenvalue weighted by Gasteiger charge is -2.52. The van der Waals surface area contributed by atoms with E-state index < -0.39 is 5.97 Å². The summed E-state index contributed by atoms with van der Waals surface area (Å²) < 4.78 is 0. The van der Waals surface area contributed by atoms with Crippen molar-refractivity contribution in [2.75, 3.05) is 6.54 Å². The molecule has 33 heavy (non-hydrogen) atoms. The van der Waals surface area contributed by atoms with Gasteiger partial charge in [-0.3, -0.25) is 9.59 Å². The molecule has 2 N–H and O–H groups in total. The number of amides is 1. The van der Waals surface area contributed by atoms with E-state index in [1.54, 1.807) is 6.33 Å². The van der Waals surface area contributed by atoms with Gasteiger partial charge in [0.1, 0.15) is 6.33 Å². The van der Waals surface area contributed by atoms with Crippen LogP contribution in [0, 0.1) is 17.3 Å². The summed E-state index contributed by atoms with van der Waals surface area (Å²) in [7, 11) is 0. The van der Waals surface area contributed by atoms with Crippen molar-refractivity contribution in [1.82, 2.24) is 15.3 Å². The number of carboxylic acid groups (broad SMARTS) is 1. The quantitative estimate of drug-likeness (QED) is 0.505. The van der Waals surface area contributed by atoms with Crippen LogP contribution in [0.2, 0.25) is 0 Å². The second kappa shape index (κ2) is 8.73. The average molecular weight is 446 g/mol. The summed E-state index contributed by atoms with van der Waals surface area (Å²) in [6, 6.07) is 6.16. The Morgan fingerprint density at radius 2 is 2.03 bits per heavy atom. The Morgan fingerprint density at radius 3 is 2.82 bits per heavy atom. The number of carbonyl (C=O) groups is 2. The van der Waals surface area contributed by atoms with Crippen molar-refractivity contribution in [3.63, 3.8) is 0 Å². The van der Waals surface area contributed by atoms with Gasteiger partial charge in [0.25, 0.3) is 5.91 Å². The van der Waals surface area contributed by atoms with Gasteiger partial charge in [-0.25, -0.2) is 9.97 Å². The molecule has 0 aliphatic heterocycles. The van der Waals surface area contributed by atoms with Crippen molar-refractivity contribution in [2.24, 2.45) is 17.3 Å². The fourth-order valence-electron chi connectivity index (χ4n) is 6.65. The number of aliphatic carboxylic acids is 1. The summed E-state index contributed by atoms with van der Waals surface area (Å²) in [6.07, 6.45) is 15.2. The maximum Gasteiger partial charge on any atom is 0.303 e. The third-order valence-corrected chi connectivity index (χ3v) is 8.23. The van der Waals surface area contributed by atoms with Crippen LogP contribution in [0.5, 0.6) is 0 Å². The SMILES string of the molecule is C[C@@]12C=CC[C@H]1[C@@H]1C(c3cncnc3)Cc3cc(C(=O)NCCCC(=O)O)ccc3[C@H]1CC2. The van der Waals surface area contributed by atoms with Crippen LogP contribution in [0.3, 0.4) is 0 Å². The number of aromatic nitrogens is 2. The molecule has 1 aromatic carbocycles. The van der Waals surface area contributed by atoms with Crippen molar-refractivity contribution in [1.29, 1.82) is 0 Å². The average Bonchev–Trinajstić information content (AvgIpc) is 3.23. The number of hydrogen-bond donors (Lipinski definition) is 2. The number of hydrogen-bond acceptors (Lipinski definition) is 4. The van der Waals surface area contributed by atoms with Crippen LogP contribution >= 0.6 is 0 Å². The molecule has 1 unspecified atom stereocenters. The zero-order chi connectivity index (χ0) is 23.0. The Kier molecular flexibility index (Phi) is 5.77. The molecule has 5 atom stereocenters. The number of nitrogens with zero attached hydrogens (tertiary/aromatic N) is 2. The molecular formula is C27H31N3O3. The summed E-state index contributed by atoms with van der Waals surface area (Å²) in [5, 5.41) is 11.7.